The van der Waals surface area contributed by atoms with Crippen LogP contribution in [0.3, 0.4) is 0 Å². The van der Waals surface area contributed by atoms with E-state index in [1.807, 2.05) is 0 Å². The van der Waals surface area contributed by atoms with Gasteiger partial charge in [0.05, 0.1) is 23.4 Å². The summed E-state index contributed by atoms with van der Waals surface area (Å²) in [4.78, 5) is 20.8. The quantitative estimate of drug-likeness (QED) is 0.663. The lowest BCUT2D eigenvalue weighted by Crippen LogP contribution is -3.11. The number of nitrogens with one attached hydrogen (secondary N) is 1. The second-order valence-corrected chi connectivity index (χ2v) is 7.49. The number of thiophene rings is 1. The van der Waals surface area contributed by atoms with Crippen molar-refractivity contribution >= 4 is 21.6 Å². The molecule has 0 radical (unpaired) electrons. The molecule has 3 N–H and O–H groups in total. The van der Waals surface area contributed by atoms with Crippen molar-refractivity contribution in [3.8, 4) is 5.75 Å². The molecular weight excluding hydrogens is 355 g/mol. The zero-order valence-corrected chi connectivity index (χ0v) is 15.2. The van der Waals surface area contributed by atoms with Crippen molar-refractivity contribution in [2.24, 2.45) is 0 Å². The summed E-state index contributed by atoms with van der Waals surface area (Å²) < 4.78 is 19.6. The molecule has 4 rings (SSSR count). The summed E-state index contributed by atoms with van der Waals surface area (Å²) in [6, 6.07) is 5.69. The average Bonchev–Trinajstić information content (AvgIpc) is 3.02. The first-order valence-electron chi connectivity index (χ1n) is 8.60. The molecule has 1 aliphatic rings. The normalized spacial score (nSPS) is 16.6. The Morgan fingerprint density at radius 3 is 2.88 bits per heavy atom. The molecule has 1 atom stereocenters. The number of rotatable bonds is 4. The van der Waals surface area contributed by atoms with Gasteiger partial charge in [0.15, 0.2) is 5.82 Å². The van der Waals surface area contributed by atoms with E-state index in [4.69, 9.17) is 10.6 Å². The fourth-order valence-corrected chi connectivity index (χ4v) is 4.61. The van der Waals surface area contributed by atoms with Crippen LogP contribution in [0.25, 0.3) is 10.2 Å². The van der Waals surface area contributed by atoms with Gasteiger partial charge in [-0.1, -0.05) is 0 Å². The number of quaternary nitrogens is 1. The van der Waals surface area contributed by atoms with Crippen LogP contribution >= 0.6 is 11.3 Å². The highest BCUT2D eigenvalue weighted by Crippen LogP contribution is 2.29. The fourth-order valence-electron chi connectivity index (χ4n) is 3.31. The van der Waals surface area contributed by atoms with Gasteiger partial charge in [-0.15, -0.1) is 11.3 Å². The Kier molecular flexibility index (Phi) is 4.37. The molecule has 2 aromatic heterocycles. The minimum Gasteiger partial charge on any atom is -0.486 e. The lowest BCUT2D eigenvalue weighted by Gasteiger charge is -2.22. The number of likely N-dealkylation sites (N-methyl/N-ethyl adjacent to an activating group) is 1. The zero-order chi connectivity index (χ0) is 18.3. The number of nitrogens with two attached hydrogens (primary N) is 1. The average molecular weight is 375 g/mol. The van der Waals surface area contributed by atoms with E-state index in [9.17, 15) is 9.18 Å². The molecule has 0 amide bonds. The van der Waals surface area contributed by atoms with Gasteiger partial charge in [-0.3, -0.25) is 4.79 Å². The van der Waals surface area contributed by atoms with Crippen LogP contribution in [-0.4, -0.2) is 22.7 Å². The van der Waals surface area contributed by atoms with E-state index in [1.165, 1.54) is 34.0 Å². The van der Waals surface area contributed by atoms with Crippen LogP contribution in [0.5, 0.6) is 5.75 Å². The standard InChI is InChI=1S/C18H19FN4O2S/c1-2-22-8-7-13-14(9-22)26-17-16(13)18(24)23(20)15(21-17)10-25-12-5-3-11(19)4-6-12/h3-6H,2,7-10,20H2,1H3/p+1. The van der Waals surface area contributed by atoms with Crippen LogP contribution in [0.1, 0.15) is 23.2 Å². The Morgan fingerprint density at radius 1 is 1.38 bits per heavy atom. The summed E-state index contributed by atoms with van der Waals surface area (Å²) in [6.07, 6.45) is 0.876. The van der Waals surface area contributed by atoms with Gasteiger partial charge in [-0.2, -0.15) is 0 Å². The molecule has 1 unspecified atom stereocenters. The summed E-state index contributed by atoms with van der Waals surface area (Å²) in [5.74, 6) is 6.50. The first-order valence-corrected chi connectivity index (χ1v) is 9.41. The lowest BCUT2D eigenvalue weighted by atomic mass is 10.1. The van der Waals surface area contributed by atoms with Crippen LogP contribution in [0.15, 0.2) is 29.1 Å². The molecule has 3 aromatic rings. The van der Waals surface area contributed by atoms with Gasteiger partial charge in [0.25, 0.3) is 5.56 Å². The predicted molar refractivity (Wildman–Crippen MR) is 98.5 cm³/mol. The van der Waals surface area contributed by atoms with E-state index in [0.717, 1.165) is 41.1 Å². The summed E-state index contributed by atoms with van der Waals surface area (Å²) in [5, 5.41) is 0.646. The number of aromatic nitrogens is 2. The van der Waals surface area contributed by atoms with E-state index < -0.39 is 0 Å². The Bertz CT molecular complexity index is 1010. The summed E-state index contributed by atoms with van der Waals surface area (Å²) in [5.41, 5.74) is 0.870. The fraction of sp³-hybridized carbons (Fsp3) is 0.333. The molecule has 1 aromatic carbocycles. The highest BCUT2D eigenvalue weighted by Gasteiger charge is 2.26. The third-order valence-corrected chi connectivity index (χ3v) is 5.96. The third-order valence-electron chi connectivity index (χ3n) is 4.83. The Morgan fingerprint density at radius 2 is 2.15 bits per heavy atom. The first-order chi connectivity index (χ1) is 12.6. The van der Waals surface area contributed by atoms with Crippen molar-refractivity contribution in [3.05, 3.63) is 56.7 Å². The van der Waals surface area contributed by atoms with Crippen molar-refractivity contribution in [2.45, 2.75) is 26.5 Å². The second-order valence-electron chi connectivity index (χ2n) is 6.41. The maximum Gasteiger partial charge on any atom is 0.281 e. The maximum absolute atomic E-state index is 13.0. The van der Waals surface area contributed by atoms with E-state index in [-0.39, 0.29) is 18.0 Å². The van der Waals surface area contributed by atoms with Crippen LogP contribution in [0.4, 0.5) is 4.39 Å². The van der Waals surface area contributed by atoms with Gasteiger partial charge >= 0.3 is 0 Å². The number of nitrogen functional groups attached to an aromatic ring is 1. The van der Waals surface area contributed by atoms with Crippen LogP contribution in [0.2, 0.25) is 0 Å². The van der Waals surface area contributed by atoms with Crippen LogP contribution < -0.4 is 21.0 Å². The Labute approximate surface area is 153 Å². The van der Waals surface area contributed by atoms with Gasteiger partial charge < -0.3 is 15.5 Å². The van der Waals surface area contributed by atoms with Crippen LogP contribution in [-0.2, 0) is 19.6 Å². The van der Waals surface area contributed by atoms with Crippen LogP contribution in [0, 0.1) is 5.82 Å². The van der Waals surface area contributed by atoms with Crippen molar-refractivity contribution in [1.82, 2.24) is 9.66 Å². The van der Waals surface area contributed by atoms with E-state index in [0.29, 0.717) is 17.0 Å². The number of hydrogen-bond donors (Lipinski definition) is 2. The van der Waals surface area contributed by atoms with Crippen molar-refractivity contribution in [3.63, 3.8) is 0 Å². The molecule has 0 bridgehead atoms. The van der Waals surface area contributed by atoms with E-state index in [2.05, 4.69) is 11.9 Å². The summed E-state index contributed by atoms with van der Waals surface area (Å²) >= 11 is 1.57. The zero-order valence-electron chi connectivity index (χ0n) is 14.4. The lowest BCUT2D eigenvalue weighted by molar-refractivity contribution is -0.913. The van der Waals surface area contributed by atoms with Gasteiger partial charge in [0, 0.05) is 6.42 Å². The molecule has 136 valence electrons. The van der Waals surface area contributed by atoms with Gasteiger partial charge in [-0.25, -0.2) is 14.1 Å². The maximum atomic E-state index is 13.0. The van der Waals surface area contributed by atoms with Gasteiger partial charge in [-0.05, 0) is 36.8 Å². The highest BCUT2D eigenvalue weighted by molar-refractivity contribution is 7.18. The number of hydrogen-bond acceptors (Lipinski definition) is 5. The molecular formula is C18H20FN4O2S+. The monoisotopic (exact) mass is 375 g/mol. The van der Waals surface area contributed by atoms with E-state index >= 15 is 0 Å². The minimum atomic E-state index is -0.333. The molecule has 6 nitrogen and oxygen atoms in total. The second kappa shape index (κ2) is 6.69. The number of ether oxygens (including phenoxy) is 1. The summed E-state index contributed by atoms with van der Waals surface area (Å²) in [6.45, 7) is 5.23. The van der Waals surface area contributed by atoms with Gasteiger partial charge in [0.1, 0.15) is 29.5 Å². The predicted octanol–water partition coefficient (Wildman–Crippen LogP) is 0.851. The van der Waals surface area contributed by atoms with E-state index in [1.54, 1.807) is 11.3 Å². The molecule has 0 saturated carbocycles. The number of nitrogens with zero attached hydrogens (tertiary/aromatic N) is 2. The highest BCUT2D eigenvalue weighted by atomic mass is 32.1. The molecule has 0 fully saturated rings. The van der Waals surface area contributed by atoms with Crippen molar-refractivity contribution in [1.29, 1.82) is 0 Å². The smallest absolute Gasteiger partial charge is 0.281 e. The first kappa shape index (κ1) is 17.0. The molecule has 3 heterocycles. The number of halogens is 1. The minimum absolute atomic E-state index is 0.0439. The Balaban J connectivity index is 1.67. The molecule has 26 heavy (non-hydrogen) atoms. The summed E-state index contributed by atoms with van der Waals surface area (Å²) in [7, 11) is 0. The SMILES string of the molecule is CC[NH+]1CCc2c(sc3nc(COc4ccc(F)cc4)n(N)c(=O)c23)C1. The topological polar surface area (TPSA) is 74.6 Å². The van der Waals surface area contributed by atoms with Gasteiger partial charge in [0.2, 0.25) is 0 Å². The molecule has 0 spiro atoms. The number of fused-ring (bicyclic) bond motifs is 3. The largest absolute Gasteiger partial charge is 0.486 e. The van der Waals surface area contributed by atoms with Crippen molar-refractivity contribution in [2.75, 3.05) is 18.9 Å². The third kappa shape index (κ3) is 2.95. The Hall–Kier alpha value is -2.45. The molecule has 0 aliphatic carbocycles. The molecule has 0 saturated heterocycles. The van der Waals surface area contributed by atoms with Crippen molar-refractivity contribution < 1.29 is 14.0 Å². The number of benzene rings is 1. The molecule has 1 aliphatic heterocycles. The molecule has 8 heteroatoms.